The van der Waals surface area contributed by atoms with Crippen LogP contribution in [0.15, 0.2) is 72.8 Å². The molecule has 4 nitrogen and oxygen atoms in total. The highest BCUT2D eigenvalue weighted by atomic mass is 16.2. The zero-order valence-corrected chi connectivity index (χ0v) is 19.4. The third-order valence-electron chi connectivity index (χ3n) is 5.76. The van der Waals surface area contributed by atoms with Gasteiger partial charge >= 0.3 is 0 Å². The second kappa shape index (κ2) is 10.8. The molecule has 3 rings (SSSR count). The van der Waals surface area contributed by atoms with E-state index in [0.717, 1.165) is 33.4 Å². The van der Waals surface area contributed by atoms with Gasteiger partial charge in [0.2, 0.25) is 11.8 Å². The average molecular weight is 429 g/mol. The molecule has 0 aliphatic rings. The summed E-state index contributed by atoms with van der Waals surface area (Å²) in [4.78, 5) is 28.4. The van der Waals surface area contributed by atoms with Gasteiger partial charge in [0.15, 0.2) is 0 Å². The quantitative estimate of drug-likeness (QED) is 0.573. The first kappa shape index (κ1) is 23.3. The van der Waals surface area contributed by atoms with Gasteiger partial charge in [0, 0.05) is 20.0 Å². The fourth-order valence-electron chi connectivity index (χ4n) is 4.14. The topological polar surface area (TPSA) is 49.4 Å². The molecule has 2 amide bonds. The fraction of sp³-hybridized carbons (Fsp3) is 0.286. The summed E-state index contributed by atoms with van der Waals surface area (Å²) in [6, 6.07) is 23.5. The van der Waals surface area contributed by atoms with Gasteiger partial charge in [-0.2, -0.15) is 0 Å². The molecule has 0 fully saturated rings. The van der Waals surface area contributed by atoms with E-state index >= 15 is 0 Å². The van der Waals surface area contributed by atoms with Gasteiger partial charge in [-0.25, -0.2) is 0 Å². The van der Waals surface area contributed by atoms with Crippen LogP contribution in [-0.4, -0.2) is 29.8 Å². The monoisotopic (exact) mass is 428 g/mol. The highest BCUT2D eigenvalue weighted by Crippen LogP contribution is 2.19. The van der Waals surface area contributed by atoms with Crippen molar-refractivity contribution in [2.75, 3.05) is 7.05 Å². The number of carbonyl (C=O) groups excluding carboxylic acids is 2. The average Bonchev–Trinajstić information content (AvgIpc) is 2.76. The first-order valence-corrected chi connectivity index (χ1v) is 11.0. The molecule has 0 spiro atoms. The van der Waals surface area contributed by atoms with Crippen molar-refractivity contribution in [2.45, 2.75) is 46.2 Å². The van der Waals surface area contributed by atoms with Crippen molar-refractivity contribution < 1.29 is 9.59 Å². The van der Waals surface area contributed by atoms with Gasteiger partial charge < -0.3 is 10.2 Å². The maximum absolute atomic E-state index is 13.6. The van der Waals surface area contributed by atoms with Gasteiger partial charge in [0.25, 0.3) is 0 Å². The summed E-state index contributed by atoms with van der Waals surface area (Å²) in [6.45, 7) is 6.50. The fourth-order valence-corrected chi connectivity index (χ4v) is 4.14. The molecule has 0 saturated heterocycles. The van der Waals surface area contributed by atoms with E-state index in [1.807, 2.05) is 87.5 Å². The Labute approximate surface area is 191 Å². The lowest BCUT2D eigenvalue weighted by molar-refractivity contribution is -0.140. The van der Waals surface area contributed by atoms with Gasteiger partial charge in [-0.1, -0.05) is 83.9 Å². The Morgan fingerprint density at radius 1 is 0.844 bits per heavy atom. The molecule has 0 aliphatic carbocycles. The van der Waals surface area contributed by atoms with E-state index in [9.17, 15) is 9.59 Å². The van der Waals surface area contributed by atoms with Crippen LogP contribution < -0.4 is 5.32 Å². The summed E-state index contributed by atoms with van der Waals surface area (Å²) in [6.07, 6.45) is 0.724. The van der Waals surface area contributed by atoms with Crippen LogP contribution >= 0.6 is 0 Å². The van der Waals surface area contributed by atoms with Crippen molar-refractivity contribution in [2.24, 2.45) is 0 Å². The Morgan fingerprint density at radius 2 is 1.47 bits per heavy atom. The summed E-state index contributed by atoms with van der Waals surface area (Å²) in [5, 5.41) is 2.77. The van der Waals surface area contributed by atoms with E-state index in [1.165, 1.54) is 0 Å². The molecule has 166 valence electrons. The molecule has 0 aliphatic heterocycles. The number of hydrogen-bond acceptors (Lipinski definition) is 2. The van der Waals surface area contributed by atoms with Crippen LogP contribution in [0.25, 0.3) is 0 Å². The molecule has 1 N–H and O–H groups in total. The Kier molecular flexibility index (Phi) is 7.82. The second-order valence-corrected chi connectivity index (χ2v) is 8.44. The molecule has 3 aromatic carbocycles. The lowest BCUT2D eigenvalue weighted by Gasteiger charge is -2.32. The van der Waals surface area contributed by atoms with Crippen LogP contribution in [0, 0.1) is 20.8 Å². The molecule has 1 atom stereocenters. The summed E-state index contributed by atoms with van der Waals surface area (Å²) in [5.41, 5.74) is 6.40. The molecule has 3 aromatic rings. The van der Waals surface area contributed by atoms with Crippen LogP contribution in [0.5, 0.6) is 0 Å². The highest BCUT2D eigenvalue weighted by Gasteiger charge is 2.30. The van der Waals surface area contributed by atoms with E-state index in [0.29, 0.717) is 13.0 Å². The molecular formula is C28H32N2O2. The molecule has 0 radical (unpaired) electrons. The second-order valence-electron chi connectivity index (χ2n) is 8.44. The predicted molar refractivity (Wildman–Crippen MR) is 129 cm³/mol. The van der Waals surface area contributed by atoms with Gasteiger partial charge in [-0.3, -0.25) is 9.59 Å². The van der Waals surface area contributed by atoms with Crippen molar-refractivity contribution in [1.82, 2.24) is 10.2 Å². The summed E-state index contributed by atoms with van der Waals surface area (Å²) in [7, 11) is 1.63. The van der Waals surface area contributed by atoms with Gasteiger partial charge in [-0.05, 0) is 43.0 Å². The molecule has 0 unspecified atom stereocenters. The van der Waals surface area contributed by atoms with Crippen molar-refractivity contribution in [3.63, 3.8) is 0 Å². The smallest absolute Gasteiger partial charge is 0.242 e. The summed E-state index contributed by atoms with van der Waals surface area (Å²) >= 11 is 0. The minimum atomic E-state index is -0.597. The van der Waals surface area contributed by atoms with Crippen molar-refractivity contribution in [3.8, 4) is 0 Å². The molecule has 0 bridgehead atoms. The van der Waals surface area contributed by atoms with Crippen LogP contribution in [0.2, 0.25) is 0 Å². The number of carbonyl (C=O) groups is 2. The van der Waals surface area contributed by atoms with E-state index in [2.05, 4.69) is 11.4 Å². The Balaban J connectivity index is 1.97. The number of rotatable bonds is 8. The van der Waals surface area contributed by atoms with Crippen LogP contribution in [-0.2, 0) is 29.0 Å². The molecular weight excluding hydrogens is 396 g/mol. The standard InChI is InChI=1S/C28H32N2O2/c1-20-14-21(2)16-24(15-20)18-27(31)30(19-25-13-9-8-10-22(25)3)26(28(32)29-4)17-23-11-6-5-7-12-23/h5-16,26H,17-19H2,1-4H3,(H,29,32)/t26-/m1/s1. The molecule has 0 aromatic heterocycles. The van der Waals surface area contributed by atoms with Crippen molar-refractivity contribution >= 4 is 11.8 Å². The zero-order valence-electron chi connectivity index (χ0n) is 19.4. The van der Waals surface area contributed by atoms with Gasteiger partial charge in [-0.15, -0.1) is 0 Å². The maximum atomic E-state index is 13.6. The predicted octanol–water partition coefficient (Wildman–Crippen LogP) is 4.54. The SMILES string of the molecule is CNC(=O)[C@@H](Cc1ccccc1)N(Cc1ccccc1C)C(=O)Cc1cc(C)cc(C)c1. The van der Waals surface area contributed by atoms with Crippen molar-refractivity contribution in [3.05, 3.63) is 106 Å². The van der Waals surface area contributed by atoms with Gasteiger partial charge in [0.1, 0.15) is 6.04 Å². The van der Waals surface area contributed by atoms with E-state index < -0.39 is 6.04 Å². The number of amides is 2. The van der Waals surface area contributed by atoms with E-state index in [-0.39, 0.29) is 18.2 Å². The largest absolute Gasteiger partial charge is 0.357 e. The number of aryl methyl sites for hydroxylation is 3. The zero-order chi connectivity index (χ0) is 23.1. The molecule has 32 heavy (non-hydrogen) atoms. The Hall–Kier alpha value is -3.40. The van der Waals surface area contributed by atoms with Crippen LogP contribution in [0.1, 0.15) is 33.4 Å². The number of nitrogens with zero attached hydrogens (tertiary/aromatic N) is 1. The summed E-state index contributed by atoms with van der Waals surface area (Å²) in [5.74, 6) is -0.209. The normalized spacial score (nSPS) is 11.6. The Bertz CT molecular complexity index is 1060. The lowest BCUT2D eigenvalue weighted by Crippen LogP contribution is -2.50. The number of nitrogens with one attached hydrogen (secondary N) is 1. The molecule has 4 heteroatoms. The van der Waals surface area contributed by atoms with Gasteiger partial charge in [0.05, 0.1) is 6.42 Å². The first-order valence-electron chi connectivity index (χ1n) is 11.0. The lowest BCUT2D eigenvalue weighted by atomic mass is 9.99. The third-order valence-corrected chi connectivity index (χ3v) is 5.76. The first-order chi connectivity index (χ1) is 15.4. The number of benzene rings is 3. The molecule has 0 saturated carbocycles. The van der Waals surface area contributed by atoms with E-state index in [1.54, 1.807) is 11.9 Å². The number of likely N-dealkylation sites (N-methyl/N-ethyl adjacent to an activating group) is 1. The minimum Gasteiger partial charge on any atom is -0.357 e. The third kappa shape index (κ3) is 6.07. The molecule has 0 heterocycles. The van der Waals surface area contributed by atoms with Crippen LogP contribution in [0.3, 0.4) is 0 Å². The summed E-state index contributed by atoms with van der Waals surface area (Å²) < 4.78 is 0. The minimum absolute atomic E-state index is 0.0530. The van der Waals surface area contributed by atoms with Crippen molar-refractivity contribution in [1.29, 1.82) is 0 Å². The van der Waals surface area contributed by atoms with E-state index in [4.69, 9.17) is 0 Å². The maximum Gasteiger partial charge on any atom is 0.242 e. The van der Waals surface area contributed by atoms with Crippen LogP contribution in [0.4, 0.5) is 0 Å². The Morgan fingerprint density at radius 3 is 2.09 bits per heavy atom. The number of hydrogen-bond donors (Lipinski definition) is 1. The highest BCUT2D eigenvalue weighted by molar-refractivity contribution is 5.88.